The Balaban J connectivity index is 1.67. The van der Waals surface area contributed by atoms with Crippen molar-refractivity contribution in [1.29, 1.82) is 5.26 Å². The number of hydrogen-bond donors (Lipinski definition) is 3. The molecule has 10 heteroatoms. The van der Waals surface area contributed by atoms with Crippen LogP contribution in [-0.2, 0) is 9.63 Å². The minimum atomic E-state index is -1.13. The molecule has 1 saturated heterocycles. The summed E-state index contributed by atoms with van der Waals surface area (Å²) in [5.74, 6) is 0.610. The molecule has 10 nitrogen and oxygen atoms in total. The minimum absolute atomic E-state index is 0.0620. The van der Waals surface area contributed by atoms with Gasteiger partial charge >= 0.3 is 6.09 Å². The van der Waals surface area contributed by atoms with Gasteiger partial charge in [-0.1, -0.05) is 0 Å². The Bertz CT molecular complexity index is 652. The molecule has 2 rings (SSSR count). The first kappa shape index (κ1) is 19.4. The van der Waals surface area contributed by atoms with Gasteiger partial charge in [0.2, 0.25) is 11.9 Å². The first-order chi connectivity index (χ1) is 12.5. The normalized spacial score (nSPS) is 15.8. The number of aromatic nitrogens is 2. The number of hydroxylamine groups is 1. The number of carbonyl (C=O) groups excluding carboxylic acids is 1. The molecule has 0 aromatic carbocycles. The van der Waals surface area contributed by atoms with Gasteiger partial charge in [0, 0.05) is 19.5 Å². The van der Waals surface area contributed by atoms with E-state index in [1.165, 1.54) is 12.4 Å². The van der Waals surface area contributed by atoms with Gasteiger partial charge in [-0.15, -0.1) is 0 Å². The molecule has 140 valence electrons. The zero-order chi connectivity index (χ0) is 18.9. The number of anilines is 1. The van der Waals surface area contributed by atoms with Crippen molar-refractivity contribution in [3.05, 3.63) is 18.0 Å². The molecule has 1 aliphatic heterocycles. The Labute approximate surface area is 151 Å². The van der Waals surface area contributed by atoms with Crippen molar-refractivity contribution in [3.8, 4) is 6.07 Å². The number of carbonyl (C=O) groups is 2. The van der Waals surface area contributed by atoms with Crippen LogP contribution in [0.5, 0.6) is 0 Å². The lowest BCUT2D eigenvalue weighted by molar-refractivity contribution is -0.135. The topological polar surface area (TPSA) is 140 Å². The molecule has 1 aromatic heterocycles. The molecule has 1 aliphatic rings. The van der Waals surface area contributed by atoms with Crippen molar-refractivity contribution < 1.29 is 19.5 Å². The number of rotatable bonds is 7. The smallest absolute Gasteiger partial charge is 0.404 e. The maximum atomic E-state index is 11.9. The van der Waals surface area contributed by atoms with E-state index in [-0.39, 0.29) is 18.4 Å². The Morgan fingerprint density at radius 3 is 2.65 bits per heavy atom. The fourth-order valence-electron chi connectivity index (χ4n) is 2.68. The third kappa shape index (κ3) is 6.18. The van der Waals surface area contributed by atoms with Gasteiger partial charge in [-0.2, -0.15) is 5.26 Å². The number of carboxylic acid groups (broad SMARTS) is 1. The van der Waals surface area contributed by atoms with Crippen molar-refractivity contribution in [2.75, 3.05) is 24.6 Å². The van der Waals surface area contributed by atoms with Crippen molar-refractivity contribution in [2.45, 2.75) is 32.2 Å². The van der Waals surface area contributed by atoms with Crippen LogP contribution in [0.4, 0.5) is 10.7 Å². The van der Waals surface area contributed by atoms with E-state index in [9.17, 15) is 9.59 Å². The summed E-state index contributed by atoms with van der Waals surface area (Å²) in [6, 6.07) is 1.57. The molecule has 1 unspecified atom stereocenters. The minimum Gasteiger partial charge on any atom is -0.465 e. The highest BCUT2D eigenvalue weighted by molar-refractivity contribution is 5.75. The lowest BCUT2D eigenvalue weighted by atomic mass is 9.93. The molecule has 1 aromatic rings. The predicted octanol–water partition coefficient (Wildman–Crippen LogP) is 0.659. The second-order valence-corrected chi connectivity index (χ2v) is 6.20. The summed E-state index contributed by atoms with van der Waals surface area (Å²) in [6.45, 7) is 3.18. The fourth-order valence-corrected chi connectivity index (χ4v) is 2.68. The van der Waals surface area contributed by atoms with E-state index in [1.54, 1.807) is 6.92 Å². The highest BCUT2D eigenvalue weighted by atomic mass is 16.7. The van der Waals surface area contributed by atoms with E-state index in [2.05, 4.69) is 20.8 Å². The monoisotopic (exact) mass is 362 g/mol. The molecule has 3 N–H and O–H groups in total. The van der Waals surface area contributed by atoms with E-state index in [0.29, 0.717) is 17.9 Å². The molecule has 0 radical (unpaired) electrons. The highest BCUT2D eigenvalue weighted by Gasteiger charge is 2.23. The van der Waals surface area contributed by atoms with Crippen LogP contribution in [0.3, 0.4) is 0 Å². The predicted molar refractivity (Wildman–Crippen MR) is 91.0 cm³/mol. The van der Waals surface area contributed by atoms with Crippen molar-refractivity contribution in [2.24, 2.45) is 5.92 Å². The Hall–Kier alpha value is -2.93. The van der Waals surface area contributed by atoms with Crippen LogP contribution in [0.25, 0.3) is 0 Å². The highest BCUT2D eigenvalue weighted by Crippen LogP contribution is 2.22. The Morgan fingerprint density at radius 1 is 1.42 bits per heavy atom. The van der Waals surface area contributed by atoms with Crippen LogP contribution in [0.2, 0.25) is 0 Å². The van der Waals surface area contributed by atoms with Crippen LogP contribution in [-0.4, -0.2) is 52.8 Å². The molecule has 2 heterocycles. The van der Waals surface area contributed by atoms with Gasteiger partial charge in [-0.05, 0) is 25.7 Å². The third-order valence-electron chi connectivity index (χ3n) is 4.03. The quantitative estimate of drug-likeness (QED) is 0.601. The number of nitrogens with zero attached hydrogens (tertiary/aromatic N) is 4. The van der Waals surface area contributed by atoms with Gasteiger partial charge < -0.3 is 15.3 Å². The summed E-state index contributed by atoms with van der Waals surface area (Å²) in [6.07, 6.45) is 3.87. The van der Waals surface area contributed by atoms with Gasteiger partial charge in [0.1, 0.15) is 6.07 Å². The number of nitrogens with one attached hydrogen (secondary N) is 2. The maximum Gasteiger partial charge on any atom is 0.404 e. The largest absolute Gasteiger partial charge is 0.465 e. The fraction of sp³-hybridized carbons (Fsp3) is 0.562. The lowest BCUT2D eigenvalue weighted by Crippen LogP contribution is -2.39. The van der Waals surface area contributed by atoms with Crippen molar-refractivity contribution in [1.82, 2.24) is 20.8 Å². The van der Waals surface area contributed by atoms with Crippen molar-refractivity contribution in [3.63, 3.8) is 0 Å². The zero-order valence-electron chi connectivity index (χ0n) is 14.5. The van der Waals surface area contributed by atoms with Crippen LogP contribution in [0, 0.1) is 17.2 Å². The van der Waals surface area contributed by atoms with Gasteiger partial charge in [-0.3, -0.25) is 9.63 Å². The SMILES string of the molecule is CC(CONC(=O)CC1CCN(c2ncc(C#N)cn2)CC1)NC(=O)O. The third-order valence-corrected chi connectivity index (χ3v) is 4.03. The van der Waals surface area contributed by atoms with E-state index < -0.39 is 12.1 Å². The van der Waals surface area contributed by atoms with E-state index in [4.69, 9.17) is 15.2 Å². The summed E-state index contributed by atoms with van der Waals surface area (Å²) < 4.78 is 0. The lowest BCUT2D eigenvalue weighted by Gasteiger charge is -2.31. The van der Waals surface area contributed by atoms with Crippen LogP contribution in [0.15, 0.2) is 12.4 Å². The molecule has 0 saturated carbocycles. The van der Waals surface area contributed by atoms with E-state index in [0.717, 1.165) is 25.9 Å². The maximum absolute atomic E-state index is 11.9. The Morgan fingerprint density at radius 2 is 2.08 bits per heavy atom. The Kier molecular flexibility index (Phi) is 7.11. The molecule has 1 fully saturated rings. The molecular formula is C16H22N6O4. The average Bonchev–Trinajstić information content (AvgIpc) is 2.62. The number of amides is 2. The first-order valence-electron chi connectivity index (χ1n) is 8.35. The van der Waals surface area contributed by atoms with Crippen LogP contribution < -0.4 is 15.7 Å². The average molecular weight is 362 g/mol. The van der Waals surface area contributed by atoms with Gasteiger partial charge in [0.05, 0.1) is 30.6 Å². The molecule has 0 spiro atoms. The molecule has 0 aliphatic carbocycles. The summed E-state index contributed by atoms with van der Waals surface area (Å²) in [5, 5.41) is 19.6. The van der Waals surface area contributed by atoms with Gasteiger partial charge in [0.15, 0.2) is 0 Å². The second-order valence-electron chi connectivity index (χ2n) is 6.20. The first-order valence-corrected chi connectivity index (χ1v) is 8.35. The van der Waals surface area contributed by atoms with Gasteiger partial charge in [0.25, 0.3) is 0 Å². The molecular weight excluding hydrogens is 340 g/mol. The molecule has 0 bridgehead atoms. The summed E-state index contributed by atoms with van der Waals surface area (Å²) in [5.41, 5.74) is 2.77. The second kappa shape index (κ2) is 9.53. The standard InChI is InChI=1S/C16H22N6O4/c1-11(20-16(24)25)10-26-21-14(23)6-12-2-4-22(5-3-12)15-18-8-13(7-17)9-19-15/h8-9,11-12,20H,2-6,10H2,1H3,(H,21,23)(H,24,25). The number of nitriles is 1. The van der Waals surface area contributed by atoms with E-state index in [1.807, 2.05) is 11.0 Å². The molecule has 2 amide bonds. The number of hydrogen-bond acceptors (Lipinski definition) is 7. The molecule has 1 atom stereocenters. The zero-order valence-corrected chi connectivity index (χ0v) is 14.5. The number of piperidine rings is 1. The van der Waals surface area contributed by atoms with Crippen molar-refractivity contribution >= 4 is 17.9 Å². The summed E-state index contributed by atoms with van der Waals surface area (Å²) >= 11 is 0. The van der Waals surface area contributed by atoms with Crippen LogP contribution >= 0.6 is 0 Å². The van der Waals surface area contributed by atoms with Crippen LogP contribution in [0.1, 0.15) is 31.7 Å². The molecule has 26 heavy (non-hydrogen) atoms. The summed E-state index contributed by atoms with van der Waals surface area (Å²) in [4.78, 5) is 37.8. The summed E-state index contributed by atoms with van der Waals surface area (Å²) in [7, 11) is 0. The van der Waals surface area contributed by atoms with E-state index >= 15 is 0 Å². The van der Waals surface area contributed by atoms with Gasteiger partial charge in [-0.25, -0.2) is 20.2 Å².